The van der Waals surface area contributed by atoms with E-state index in [1.165, 1.54) is 6.20 Å². The van der Waals surface area contributed by atoms with Crippen molar-refractivity contribution in [3.63, 3.8) is 0 Å². The molecule has 1 unspecified atom stereocenters. The van der Waals surface area contributed by atoms with Crippen molar-refractivity contribution in [1.82, 2.24) is 9.55 Å². The molecule has 14 heavy (non-hydrogen) atoms. The normalized spacial score (nSPS) is 12.8. The van der Waals surface area contributed by atoms with Crippen LogP contribution in [0, 0.1) is 4.91 Å². The Bertz CT molecular complexity index is 314. The molecule has 1 N–H and O–H groups in total. The summed E-state index contributed by atoms with van der Waals surface area (Å²) in [6.45, 7) is 2.44. The summed E-state index contributed by atoms with van der Waals surface area (Å²) in [5.41, 5.74) is 0. The second-order valence-electron chi connectivity index (χ2n) is 3.00. The van der Waals surface area contributed by atoms with Crippen molar-refractivity contribution in [2.45, 2.75) is 32.4 Å². The number of aromatic nitrogens is 2. The first kappa shape index (κ1) is 11.1. The van der Waals surface area contributed by atoms with Crippen LogP contribution in [0.15, 0.2) is 11.4 Å². The van der Waals surface area contributed by atoms with Gasteiger partial charge in [-0.2, -0.15) is 4.98 Å². The van der Waals surface area contributed by atoms with Crippen LogP contribution in [0.5, 0.6) is 0 Å². The summed E-state index contributed by atoms with van der Waals surface area (Å²) in [6.07, 6.45) is 2.41. The minimum Gasteiger partial charge on any atom is -0.393 e. The molecule has 0 saturated carbocycles. The molecule has 1 aromatic rings. The van der Waals surface area contributed by atoms with Gasteiger partial charge in [-0.15, -0.1) is 4.91 Å². The maximum atomic E-state index is 10.1. The molecule has 0 bridgehead atoms. The van der Waals surface area contributed by atoms with Gasteiger partial charge in [0.2, 0.25) is 11.1 Å². The number of nitrogens with zero attached hydrogens (tertiary/aromatic N) is 3. The van der Waals surface area contributed by atoms with Crippen LogP contribution in [0.25, 0.3) is 0 Å². The Morgan fingerprint density at radius 1 is 1.79 bits per heavy atom. The fraction of sp³-hybridized carbons (Fsp3) is 0.625. The predicted octanol–water partition coefficient (Wildman–Crippen LogP) is 2.10. The molecule has 0 aliphatic heterocycles. The molecule has 1 rings (SSSR count). The Morgan fingerprint density at radius 2 is 2.50 bits per heavy atom. The molecule has 0 amide bonds. The smallest absolute Gasteiger partial charge is 0.215 e. The second-order valence-corrected chi connectivity index (χ2v) is 3.34. The summed E-state index contributed by atoms with van der Waals surface area (Å²) in [6, 6.07) is 0. The molecular weight excluding hydrogens is 206 g/mol. The van der Waals surface area contributed by atoms with E-state index in [-0.39, 0.29) is 17.2 Å². The Balaban J connectivity index is 2.57. The van der Waals surface area contributed by atoms with Crippen molar-refractivity contribution in [3.8, 4) is 0 Å². The van der Waals surface area contributed by atoms with Gasteiger partial charge in [-0.1, -0.05) is 6.92 Å². The third kappa shape index (κ3) is 2.78. The number of aryl methyl sites for hydroxylation is 1. The highest BCUT2D eigenvalue weighted by molar-refractivity contribution is 6.28. The zero-order valence-electron chi connectivity index (χ0n) is 7.85. The maximum Gasteiger partial charge on any atom is 0.215 e. The summed E-state index contributed by atoms with van der Waals surface area (Å²) in [7, 11) is 0. The van der Waals surface area contributed by atoms with Crippen LogP contribution in [-0.4, -0.2) is 20.8 Å². The van der Waals surface area contributed by atoms with E-state index in [2.05, 4.69) is 10.2 Å². The molecule has 0 radical (unpaired) electrons. The number of rotatable bonds is 5. The van der Waals surface area contributed by atoms with Gasteiger partial charge in [0.25, 0.3) is 0 Å². The predicted molar refractivity (Wildman–Crippen MR) is 53.6 cm³/mol. The van der Waals surface area contributed by atoms with Crippen molar-refractivity contribution in [1.29, 1.82) is 0 Å². The van der Waals surface area contributed by atoms with Gasteiger partial charge in [-0.3, -0.25) is 0 Å². The third-order valence-electron chi connectivity index (χ3n) is 1.98. The van der Waals surface area contributed by atoms with Crippen molar-refractivity contribution >= 4 is 17.4 Å². The topological polar surface area (TPSA) is 67.5 Å². The molecule has 5 nitrogen and oxygen atoms in total. The molecule has 0 aromatic carbocycles. The van der Waals surface area contributed by atoms with Crippen LogP contribution >= 0.6 is 11.6 Å². The molecule has 6 heteroatoms. The molecule has 1 aromatic heterocycles. The molecular formula is C8H12ClN3O2. The van der Waals surface area contributed by atoms with E-state index in [1.54, 1.807) is 4.57 Å². The number of aliphatic hydroxyl groups is 1. The third-order valence-corrected chi connectivity index (χ3v) is 2.28. The van der Waals surface area contributed by atoms with E-state index in [0.29, 0.717) is 19.4 Å². The van der Waals surface area contributed by atoms with Gasteiger partial charge in [0.15, 0.2) is 0 Å². The first-order chi connectivity index (χ1) is 6.67. The number of hydrogen-bond donors (Lipinski definition) is 1. The highest BCUT2D eigenvalue weighted by atomic mass is 35.5. The van der Waals surface area contributed by atoms with Crippen LogP contribution in [0.3, 0.4) is 0 Å². The van der Waals surface area contributed by atoms with Crippen molar-refractivity contribution in [2.75, 3.05) is 0 Å². The summed E-state index contributed by atoms with van der Waals surface area (Å²) in [4.78, 5) is 13.8. The van der Waals surface area contributed by atoms with E-state index in [4.69, 9.17) is 11.6 Å². The lowest BCUT2D eigenvalue weighted by molar-refractivity contribution is 0.154. The molecule has 0 fully saturated rings. The van der Waals surface area contributed by atoms with Gasteiger partial charge in [0.05, 0.1) is 12.3 Å². The Kier molecular flexibility index (Phi) is 4.03. The quantitative estimate of drug-likeness (QED) is 0.768. The first-order valence-electron chi connectivity index (χ1n) is 4.41. The fourth-order valence-electron chi connectivity index (χ4n) is 1.07. The zero-order valence-corrected chi connectivity index (χ0v) is 8.61. The van der Waals surface area contributed by atoms with Gasteiger partial charge in [-0.25, -0.2) is 0 Å². The average molecular weight is 218 g/mol. The molecule has 0 spiro atoms. The number of hydrogen-bond acceptors (Lipinski definition) is 4. The molecule has 0 aliphatic rings. The monoisotopic (exact) mass is 217 g/mol. The van der Waals surface area contributed by atoms with Gasteiger partial charge in [0, 0.05) is 6.54 Å². The molecule has 1 atom stereocenters. The van der Waals surface area contributed by atoms with E-state index in [9.17, 15) is 10.0 Å². The lowest BCUT2D eigenvalue weighted by Crippen LogP contribution is -2.09. The van der Waals surface area contributed by atoms with Crippen LogP contribution in [-0.2, 0) is 6.54 Å². The molecule has 0 aliphatic carbocycles. The summed E-state index contributed by atoms with van der Waals surface area (Å²) < 4.78 is 1.59. The van der Waals surface area contributed by atoms with Crippen LogP contribution < -0.4 is 0 Å². The molecule has 78 valence electrons. The van der Waals surface area contributed by atoms with E-state index in [0.717, 1.165) is 0 Å². The number of aliphatic hydroxyl groups excluding tert-OH is 1. The minimum absolute atomic E-state index is 0.0704. The SMILES string of the molecule is CCC(O)CCn1cc(N=O)nc1Cl. The largest absolute Gasteiger partial charge is 0.393 e. The zero-order chi connectivity index (χ0) is 10.6. The standard InChI is InChI=1S/C8H12ClN3O2/c1-2-6(13)3-4-12-5-7(11-14)10-8(12)9/h5-6,13H,2-4H2,1H3. The highest BCUT2D eigenvalue weighted by Crippen LogP contribution is 2.16. The number of imidazole rings is 1. The summed E-state index contributed by atoms with van der Waals surface area (Å²) in [5.74, 6) is 0.0704. The van der Waals surface area contributed by atoms with E-state index in [1.807, 2.05) is 6.92 Å². The summed E-state index contributed by atoms with van der Waals surface area (Å²) >= 11 is 5.72. The van der Waals surface area contributed by atoms with Gasteiger partial charge < -0.3 is 9.67 Å². The van der Waals surface area contributed by atoms with Crippen LogP contribution in [0.1, 0.15) is 19.8 Å². The molecule has 0 saturated heterocycles. The minimum atomic E-state index is -0.346. The van der Waals surface area contributed by atoms with Crippen LogP contribution in [0.2, 0.25) is 5.28 Å². The van der Waals surface area contributed by atoms with Crippen molar-refractivity contribution in [3.05, 3.63) is 16.4 Å². The Labute approximate surface area is 86.7 Å². The second kappa shape index (κ2) is 5.07. The van der Waals surface area contributed by atoms with Crippen molar-refractivity contribution in [2.24, 2.45) is 5.18 Å². The lowest BCUT2D eigenvalue weighted by Gasteiger charge is -2.07. The Hall–Kier alpha value is -0.940. The Morgan fingerprint density at radius 3 is 3.00 bits per heavy atom. The number of halogens is 1. The van der Waals surface area contributed by atoms with Gasteiger partial charge in [-0.05, 0) is 29.6 Å². The first-order valence-corrected chi connectivity index (χ1v) is 4.79. The fourth-order valence-corrected chi connectivity index (χ4v) is 1.29. The van der Waals surface area contributed by atoms with Gasteiger partial charge in [0.1, 0.15) is 0 Å². The van der Waals surface area contributed by atoms with E-state index >= 15 is 0 Å². The van der Waals surface area contributed by atoms with E-state index < -0.39 is 0 Å². The van der Waals surface area contributed by atoms with Crippen LogP contribution in [0.4, 0.5) is 5.82 Å². The van der Waals surface area contributed by atoms with Gasteiger partial charge >= 0.3 is 0 Å². The molecule has 1 heterocycles. The maximum absolute atomic E-state index is 10.1. The summed E-state index contributed by atoms with van der Waals surface area (Å²) in [5, 5.41) is 12.2. The highest BCUT2D eigenvalue weighted by Gasteiger charge is 2.07. The van der Waals surface area contributed by atoms with Crippen molar-refractivity contribution < 1.29 is 5.11 Å². The lowest BCUT2D eigenvalue weighted by atomic mass is 10.2. The number of nitroso groups, excluding NO2 is 1. The average Bonchev–Trinajstić information content (AvgIpc) is 2.55.